The molecule has 6 heteroatoms. The van der Waals surface area contributed by atoms with Crippen LogP contribution in [0.1, 0.15) is 37.8 Å². The van der Waals surface area contributed by atoms with Gasteiger partial charge in [0.2, 0.25) is 11.8 Å². The Morgan fingerprint density at radius 2 is 1.67 bits per heavy atom. The molecule has 33 heavy (non-hydrogen) atoms. The van der Waals surface area contributed by atoms with E-state index < -0.39 is 0 Å². The van der Waals surface area contributed by atoms with Crippen LogP contribution in [0.5, 0.6) is 11.5 Å². The molecule has 0 saturated carbocycles. The summed E-state index contributed by atoms with van der Waals surface area (Å²) in [6.07, 6.45) is 5.71. The average molecular weight is 451 g/mol. The smallest absolute Gasteiger partial charge is 0.246 e. The summed E-state index contributed by atoms with van der Waals surface area (Å²) in [7, 11) is 1.60. The second-order valence-corrected chi connectivity index (χ2v) is 8.46. The van der Waals surface area contributed by atoms with Gasteiger partial charge in [0.05, 0.1) is 13.2 Å². The number of piperazine rings is 1. The summed E-state index contributed by atoms with van der Waals surface area (Å²) in [6.45, 7) is 6.20. The van der Waals surface area contributed by atoms with Crippen LogP contribution in [0.3, 0.4) is 0 Å². The van der Waals surface area contributed by atoms with Gasteiger partial charge < -0.3 is 19.3 Å². The minimum Gasteiger partial charge on any atom is -0.493 e. The summed E-state index contributed by atoms with van der Waals surface area (Å²) in [5.41, 5.74) is 2.12. The number of ether oxygens (including phenoxy) is 2. The molecule has 1 heterocycles. The highest BCUT2D eigenvalue weighted by Gasteiger charge is 2.22. The second-order valence-electron chi connectivity index (χ2n) is 8.46. The molecule has 0 atom stereocenters. The Hall–Kier alpha value is -3.28. The van der Waals surface area contributed by atoms with E-state index in [2.05, 4.69) is 12.1 Å². The van der Waals surface area contributed by atoms with Gasteiger partial charge in [0.15, 0.2) is 11.5 Å². The lowest BCUT2D eigenvalue weighted by Crippen LogP contribution is -2.50. The van der Waals surface area contributed by atoms with Crippen LogP contribution in [0.4, 0.5) is 0 Å². The van der Waals surface area contributed by atoms with E-state index in [0.717, 1.165) is 18.4 Å². The first-order valence-corrected chi connectivity index (χ1v) is 11.6. The van der Waals surface area contributed by atoms with E-state index in [1.165, 1.54) is 5.56 Å². The molecule has 176 valence electrons. The highest BCUT2D eigenvalue weighted by molar-refractivity contribution is 5.92. The van der Waals surface area contributed by atoms with Gasteiger partial charge in [-0.05, 0) is 56.0 Å². The summed E-state index contributed by atoms with van der Waals surface area (Å²) in [5, 5.41) is 0. The highest BCUT2D eigenvalue weighted by atomic mass is 16.5. The molecule has 3 rings (SSSR count). The zero-order valence-electron chi connectivity index (χ0n) is 19.8. The highest BCUT2D eigenvalue weighted by Crippen LogP contribution is 2.29. The van der Waals surface area contributed by atoms with Crippen molar-refractivity contribution in [3.8, 4) is 11.5 Å². The molecule has 0 unspecified atom stereocenters. The van der Waals surface area contributed by atoms with Gasteiger partial charge in [0, 0.05) is 38.7 Å². The molecule has 0 aromatic heterocycles. The van der Waals surface area contributed by atoms with Crippen molar-refractivity contribution in [1.29, 1.82) is 0 Å². The Balaban J connectivity index is 1.45. The van der Waals surface area contributed by atoms with Crippen LogP contribution in [0.15, 0.2) is 54.6 Å². The zero-order chi connectivity index (χ0) is 23.6. The molecule has 2 aromatic rings. The van der Waals surface area contributed by atoms with Crippen LogP contribution >= 0.6 is 0 Å². The van der Waals surface area contributed by atoms with Crippen LogP contribution in [0.25, 0.3) is 6.08 Å². The standard InChI is InChI=1S/C27H34N2O4/c1-21(2)33-24-14-12-23(20-25(24)32-3)13-15-27(31)29-18-16-28(17-19-29)26(30)11-7-10-22-8-5-4-6-9-22/h4-6,8-9,12-15,20-21H,7,10-11,16-19H2,1-3H3/b15-13+. The Labute approximate surface area is 196 Å². The fourth-order valence-corrected chi connectivity index (χ4v) is 3.83. The van der Waals surface area contributed by atoms with Crippen molar-refractivity contribution < 1.29 is 19.1 Å². The van der Waals surface area contributed by atoms with E-state index in [1.807, 2.05) is 55.1 Å². The fourth-order valence-electron chi connectivity index (χ4n) is 3.83. The summed E-state index contributed by atoms with van der Waals surface area (Å²) < 4.78 is 11.1. The van der Waals surface area contributed by atoms with E-state index in [-0.39, 0.29) is 17.9 Å². The number of rotatable bonds is 9. The fraction of sp³-hybridized carbons (Fsp3) is 0.407. The van der Waals surface area contributed by atoms with Gasteiger partial charge in [0.1, 0.15) is 0 Å². The maximum atomic E-state index is 12.6. The number of methoxy groups -OCH3 is 1. The minimum atomic E-state index is -0.0485. The Morgan fingerprint density at radius 3 is 2.33 bits per heavy atom. The quantitative estimate of drug-likeness (QED) is 0.538. The molecule has 0 N–H and O–H groups in total. The predicted molar refractivity (Wildman–Crippen MR) is 130 cm³/mol. The molecule has 1 saturated heterocycles. The molecule has 0 radical (unpaired) electrons. The van der Waals surface area contributed by atoms with Gasteiger partial charge in [0.25, 0.3) is 0 Å². The molecule has 1 aliphatic heterocycles. The number of aryl methyl sites for hydroxylation is 1. The van der Waals surface area contributed by atoms with E-state index in [4.69, 9.17) is 9.47 Å². The number of nitrogens with zero attached hydrogens (tertiary/aromatic N) is 2. The molecule has 6 nitrogen and oxygen atoms in total. The summed E-state index contributed by atoms with van der Waals surface area (Å²) in [6, 6.07) is 15.8. The van der Waals surface area contributed by atoms with E-state index in [1.54, 1.807) is 24.2 Å². The number of hydrogen-bond donors (Lipinski definition) is 0. The predicted octanol–water partition coefficient (Wildman–Crippen LogP) is 4.19. The minimum absolute atomic E-state index is 0.0485. The van der Waals surface area contributed by atoms with Crippen molar-refractivity contribution in [3.05, 3.63) is 65.7 Å². The summed E-state index contributed by atoms with van der Waals surface area (Å²) in [5.74, 6) is 1.44. The van der Waals surface area contributed by atoms with Gasteiger partial charge >= 0.3 is 0 Å². The van der Waals surface area contributed by atoms with Gasteiger partial charge in [-0.1, -0.05) is 36.4 Å². The first-order valence-electron chi connectivity index (χ1n) is 11.6. The van der Waals surface area contributed by atoms with Crippen molar-refractivity contribution in [2.75, 3.05) is 33.3 Å². The van der Waals surface area contributed by atoms with Crippen LogP contribution in [0.2, 0.25) is 0 Å². The van der Waals surface area contributed by atoms with Gasteiger partial charge in [-0.15, -0.1) is 0 Å². The third-order valence-corrected chi connectivity index (χ3v) is 5.61. The first kappa shape index (κ1) is 24.4. The van der Waals surface area contributed by atoms with Crippen molar-refractivity contribution in [2.45, 2.75) is 39.2 Å². The number of carbonyl (C=O) groups excluding carboxylic acids is 2. The van der Waals surface area contributed by atoms with E-state index in [0.29, 0.717) is 44.1 Å². The molecule has 0 bridgehead atoms. The number of benzene rings is 2. The molecule has 0 spiro atoms. The van der Waals surface area contributed by atoms with Crippen LogP contribution < -0.4 is 9.47 Å². The summed E-state index contributed by atoms with van der Waals surface area (Å²) >= 11 is 0. The molecule has 0 aliphatic carbocycles. The lowest BCUT2D eigenvalue weighted by atomic mass is 10.1. The second kappa shape index (κ2) is 12.1. The molecule has 1 fully saturated rings. The lowest BCUT2D eigenvalue weighted by Gasteiger charge is -2.34. The van der Waals surface area contributed by atoms with Crippen LogP contribution in [-0.4, -0.2) is 61.0 Å². The monoisotopic (exact) mass is 450 g/mol. The molecule has 2 aromatic carbocycles. The maximum Gasteiger partial charge on any atom is 0.246 e. The third-order valence-electron chi connectivity index (χ3n) is 5.61. The molecule has 1 aliphatic rings. The number of carbonyl (C=O) groups is 2. The van der Waals surface area contributed by atoms with Crippen molar-refractivity contribution in [2.24, 2.45) is 0 Å². The van der Waals surface area contributed by atoms with Crippen molar-refractivity contribution in [3.63, 3.8) is 0 Å². The van der Waals surface area contributed by atoms with Crippen LogP contribution in [0, 0.1) is 0 Å². The first-order chi connectivity index (χ1) is 16.0. The molecular formula is C27H34N2O4. The number of amides is 2. The average Bonchev–Trinajstić information content (AvgIpc) is 2.83. The third kappa shape index (κ3) is 7.38. The topological polar surface area (TPSA) is 59.1 Å². The van der Waals surface area contributed by atoms with Crippen LogP contribution in [-0.2, 0) is 16.0 Å². The molecular weight excluding hydrogens is 416 g/mol. The van der Waals surface area contributed by atoms with Crippen molar-refractivity contribution >= 4 is 17.9 Å². The zero-order valence-corrected chi connectivity index (χ0v) is 19.8. The van der Waals surface area contributed by atoms with Gasteiger partial charge in [-0.2, -0.15) is 0 Å². The Morgan fingerprint density at radius 1 is 0.970 bits per heavy atom. The van der Waals surface area contributed by atoms with Gasteiger partial charge in [-0.3, -0.25) is 9.59 Å². The lowest BCUT2D eigenvalue weighted by molar-refractivity contribution is -0.137. The summed E-state index contributed by atoms with van der Waals surface area (Å²) in [4.78, 5) is 28.8. The largest absolute Gasteiger partial charge is 0.493 e. The Kier molecular flexibility index (Phi) is 8.93. The normalized spacial score (nSPS) is 14.1. The van der Waals surface area contributed by atoms with E-state index in [9.17, 15) is 9.59 Å². The maximum absolute atomic E-state index is 12.6. The molecule has 2 amide bonds. The SMILES string of the molecule is COc1cc(/C=C/C(=O)N2CCN(C(=O)CCCc3ccccc3)CC2)ccc1OC(C)C. The van der Waals surface area contributed by atoms with Crippen molar-refractivity contribution in [1.82, 2.24) is 9.80 Å². The Bertz CT molecular complexity index is 948. The number of hydrogen-bond acceptors (Lipinski definition) is 4. The van der Waals surface area contributed by atoms with E-state index >= 15 is 0 Å². The van der Waals surface area contributed by atoms with Gasteiger partial charge in [-0.25, -0.2) is 0 Å².